The first-order chi connectivity index (χ1) is 6.89. The number of carbonyl (C=O) groups excluding carboxylic acids is 1. The fourth-order valence-corrected chi connectivity index (χ4v) is 1.76. The first-order valence-corrected chi connectivity index (χ1v) is 5.70. The van der Waals surface area contributed by atoms with Gasteiger partial charge in [-0.3, -0.25) is 0 Å². The van der Waals surface area contributed by atoms with Gasteiger partial charge in [0.15, 0.2) is 0 Å². The van der Waals surface area contributed by atoms with Crippen LogP contribution in [0.5, 0.6) is 0 Å². The van der Waals surface area contributed by atoms with E-state index < -0.39 is 11.7 Å². The van der Waals surface area contributed by atoms with E-state index in [1.165, 1.54) is 3.57 Å². The van der Waals surface area contributed by atoms with Crippen molar-refractivity contribution in [2.45, 2.75) is 25.9 Å². The molecular formula is C11H14INO2. The number of primary amides is 1. The molecule has 1 aromatic rings. The maximum atomic E-state index is 10.7. The van der Waals surface area contributed by atoms with E-state index in [1.807, 2.05) is 38.1 Å². The molecule has 0 saturated carbocycles. The van der Waals surface area contributed by atoms with Crippen LogP contribution in [0.2, 0.25) is 0 Å². The summed E-state index contributed by atoms with van der Waals surface area (Å²) in [6, 6.07) is 8.09. The Hall–Kier alpha value is -0.780. The Kier molecular flexibility index (Phi) is 3.96. The van der Waals surface area contributed by atoms with Gasteiger partial charge in [-0.15, -0.1) is 0 Å². The number of nitrogens with two attached hydrogens (primary N) is 1. The van der Waals surface area contributed by atoms with Crippen molar-refractivity contribution in [2.24, 2.45) is 5.73 Å². The predicted octanol–water partition coefficient (Wildman–Crippen LogP) is 2.71. The van der Waals surface area contributed by atoms with Crippen molar-refractivity contribution < 1.29 is 9.53 Å². The zero-order valence-corrected chi connectivity index (χ0v) is 10.9. The van der Waals surface area contributed by atoms with Gasteiger partial charge < -0.3 is 10.5 Å². The second kappa shape index (κ2) is 4.83. The molecule has 0 atom stereocenters. The average Bonchev–Trinajstić information content (AvgIpc) is 2.06. The second-order valence-electron chi connectivity index (χ2n) is 3.98. The third kappa shape index (κ3) is 4.51. The van der Waals surface area contributed by atoms with E-state index in [2.05, 4.69) is 22.6 Å². The van der Waals surface area contributed by atoms with Crippen LogP contribution in [0.3, 0.4) is 0 Å². The highest BCUT2D eigenvalue weighted by molar-refractivity contribution is 14.1. The third-order valence-electron chi connectivity index (χ3n) is 1.92. The number of hydrogen-bond donors (Lipinski definition) is 1. The summed E-state index contributed by atoms with van der Waals surface area (Å²) in [5.74, 6) is 0. The van der Waals surface area contributed by atoms with Crippen LogP contribution in [-0.2, 0) is 11.2 Å². The molecule has 0 radical (unpaired) electrons. The maximum absolute atomic E-state index is 10.7. The van der Waals surface area contributed by atoms with Gasteiger partial charge in [0.1, 0.15) is 5.60 Å². The molecule has 0 saturated heterocycles. The lowest BCUT2D eigenvalue weighted by Crippen LogP contribution is -2.33. The molecule has 0 bridgehead atoms. The zero-order valence-electron chi connectivity index (χ0n) is 8.79. The van der Waals surface area contributed by atoms with Crippen LogP contribution in [0.15, 0.2) is 24.3 Å². The van der Waals surface area contributed by atoms with Gasteiger partial charge in [-0.05, 0) is 54.1 Å². The highest BCUT2D eigenvalue weighted by Crippen LogP contribution is 2.17. The fourth-order valence-electron chi connectivity index (χ4n) is 1.40. The van der Waals surface area contributed by atoms with E-state index in [0.29, 0.717) is 6.42 Å². The summed E-state index contributed by atoms with van der Waals surface area (Å²) in [6.07, 6.45) is -0.0714. The Morgan fingerprint density at radius 1 is 1.40 bits per heavy atom. The Labute approximate surface area is 103 Å². The zero-order chi connectivity index (χ0) is 11.5. The first kappa shape index (κ1) is 12.3. The monoisotopic (exact) mass is 319 g/mol. The van der Waals surface area contributed by atoms with Gasteiger partial charge in [-0.2, -0.15) is 0 Å². The van der Waals surface area contributed by atoms with Crippen molar-refractivity contribution in [3.63, 3.8) is 0 Å². The molecule has 3 nitrogen and oxygen atoms in total. The van der Waals surface area contributed by atoms with Crippen molar-refractivity contribution >= 4 is 28.7 Å². The number of ether oxygens (including phenoxy) is 1. The van der Waals surface area contributed by atoms with Gasteiger partial charge in [0.2, 0.25) is 0 Å². The molecule has 15 heavy (non-hydrogen) atoms. The molecule has 0 aliphatic heterocycles. The highest BCUT2D eigenvalue weighted by atomic mass is 127. The largest absolute Gasteiger partial charge is 0.443 e. The summed E-state index contributed by atoms with van der Waals surface area (Å²) in [4.78, 5) is 10.7. The number of amides is 1. The lowest BCUT2D eigenvalue weighted by Gasteiger charge is -2.23. The smallest absolute Gasteiger partial charge is 0.405 e. The van der Waals surface area contributed by atoms with Crippen molar-refractivity contribution in [1.29, 1.82) is 0 Å². The molecular weight excluding hydrogens is 305 g/mol. The molecule has 0 aliphatic rings. The highest BCUT2D eigenvalue weighted by Gasteiger charge is 2.21. The fraction of sp³-hybridized carbons (Fsp3) is 0.364. The predicted molar refractivity (Wildman–Crippen MR) is 67.6 cm³/mol. The summed E-state index contributed by atoms with van der Waals surface area (Å²) < 4.78 is 6.19. The standard InChI is InChI=1S/C11H14INO2/c1-11(2,15-10(13)14)7-8-3-5-9(12)6-4-8/h3-6H,7H2,1-2H3,(H2,13,14). The summed E-state index contributed by atoms with van der Waals surface area (Å²) in [6.45, 7) is 3.69. The molecule has 82 valence electrons. The van der Waals surface area contributed by atoms with Crippen LogP contribution in [0.1, 0.15) is 19.4 Å². The van der Waals surface area contributed by atoms with E-state index >= 15 is 0 Å². The van der Waals surface area contributed by atoms with Crippen molar-refractivity contribution in [1.82, 2.24) is 0 Å². The van der Waals surface area contributed by atoms with E-state index in [0.717, 1.165) is 5.56 Å². The first-order valence-electron chi connectivity index (χ1n) is 4.62. The second-order valence-corrected chi connectivity index (χ2v) is 5.23. The van der Waals surface area contributed by atoms with Crippen LogP contribution in [0.25, 0.3) is 0 Å². The average molecular weight is 319 g/mol. The molecule has 1 amide bonds. The van der Waals surface area contributed by atoms with Crippen molar-refractivity contribution in [3.8, 4) is 0 Å². The lowest BCUT2D eigenvalue weighted by atomic mass is 9.98. The van der Waals surface area contributed by atoms with Crippen molar-refractivity contribution in [2.75, 3.05) is 0 Å². The normalized spacial score (nSPS) is 11.1. The molecule has 0 fully saturated rings. The van der Waals surface area contributed by atoms with E-state index in [-0.39, 0.29) is 0 Å². The number of halogens is 1. The van der Waals surface area contributed by atoms with Gasteiger partial charge in [0, 0.05) is 9.99 Å². The molecule has 0 unspecified atom stereocenters. The lowest BCUT2D eigenvalue weighted by molar-refractivity contribution is 0.0460. The van der Waals surface area contributed by atoms with E-state index in [4.69, 9.17) is 10.5 Å². The van der Waals surface area contributed by atoms with Crippen LogP contribution < -0.4 is 5.73 Å². The molecule has 1 aromatic carbocycles. The van der Waals surface area contributed by atoms with Crippen LogP contribution in [-0.4, -0.2) is 11.7 Å². The molecule has 0 spiro atoms. The third-order valence-corrected chi connectivity index (χ3v) is 2.64. The number of rotatable bonds is 3. The summed E-state index contributed by atoms with van der Waals surface area (Å²) in [5.41, 5.74) is 5.56. The quantitative estimate of drug-likeness (QED) is 0.871. The Morgan fingerprint density at radius 3 is 2.40 bits per heavy atom. The van der Waals surface area contributed by atoms with Crippen LogP contribution >= 0.6 is 22.6 Å². The van der Waals surface area contributed by atoms with Gasteiger partial charge in [0.25, 0.3) is 0 Å². The Balaban J connectivity index is 2.68. The van der Waals surface area contributed by atoms with Gasteiger partial charge in [-0.25, -0.2) is 4.79 Å². The summed E-state index contributed by atoms with van der Waals surface area (Å²) in [7, 11) is 0. The molecule has 1 rings (SSSR count). The SMILES string of the molecule is CC(C)(Cc1ccc(I)cc1)OC(N)=O. The van der Waals surface area contributed by atoms with Crippen LogP contribution in [0, 0.1) is 3.57 Å². The minimum atomic E-state index is -0.731. The van der Waals surface area contributed by atoms with Gasteiger partial charge >= 0.3 is 6.09 Å². The molecule has 0 heterocycles. The van der Waals surface area contributed by atoms with Crippen molar-refractivity contribution in [3.05, 3.63) is 33.4 Å². The topological polar surface area (TPSA) is 52.3 Å². The summed E-state index contributed by atoms with van der Waals surface area (Å²) in [5, 5.41) is 0. The minimum absolute atomic E-state index is 0.557. The Bertz CT molecular complexity index is 346. The molecule has 0 aliphatic carbocycles. The number of benzene rings is 1. The van der Waals surface area contributed by atoms with E-state index in [1.54, 1.807) is 0 Å². The van der Waals surface area contributed by atoms with E-state index in [9.17, 15) is 4.79 Å². The molecule has 0 aromatic heterocycles. The van der Waals surface area contributed by atoms with Gasteiger partial charge in [-0.1, -0.05) is 12.1 Å². The summed E-state index contributed by atoms with van der Waals surface area (Å²) >= 11 is 2.25. The maximum Gasteiger partial charge on any atom is 0.405 e. The number of hydrogen-bond acceptors (Lipinski definition) is 2. The molecule has 4 heteroatoms. The minimum Gasteiger partial charge on any atom is -0.443 e. The van der Waals surface area contributed by atoms with Crippen LogP contribution in [0.4, 0.5) is 4.79 Å². The molecule has 2 N–H and O–H groups in total. The Morgan fingerprint density at radius 2 is 1.93 bits per heavy atom. The number of carbonyl (C=O) groups is 1. The van der Waals surface area contributed by atoms with Gasteiger partial charge in [0.05, 0.1) is 0 Å².